The third-order valence-corrected chi connectivity index (χ3v) is 3.90. The molecule has 0 saturated carbocycles. The number of carbonyl (C=O) groups is 2. The summed E-state index contributed by atoms with van der Waals surface area (Å²) in [7, 11) is 0. The molecule has 0 aliphatic carbocycles. The molecule has 0 unspecified atom stereocenters. The third kappa shape index (κ3) is 3.30. The zero-order chi connectivity index (χ0) is 13.2. The number of amides is 2. The van der Waals surface area contributed by atoms with E-state index in [2.05, 4.69) is 5.32 Å². The number of hydrogen-bond donors (Lipinski definition) is 2. The van der Waals surface area contributed by atoms with E-state index >= 15 is 0 Å². The van der Waals surface area contributed by atoms with Gasteiger partial charge in [0, 0.05) is 11.4 Å². The standard InChI is InChI=1S/C12H18N2O2S/c1-7-5-9(17-8(7)2)10(15)14-6-12(3,4)11(13)16/h5H,6H2,1-4H3,(H2,13,16)(H,14,15). The van der Waals surface area contributed by atoms with Crippen LogP contribution in [0.25, 0.3) is 0 Å². The highest BCUT2D eigenvalue weighted by molar-refractivity contribution is 7.14. The molecule has 0 aliphatic rings. The topological polar surface area (TPSA) is 72.2 Å². The van der Waals surface area contributed by atoms with Gasteiger partial charge in [-0.05, 0) is 39.3 Å². The Balaban J connectivity index is 2.65. The highest BCUT2D eigenvalue weighted by atomic mass is 32.1. The van der Waals surface area contributed by atoms with E-state index in [1.807, 2.05) is 19.9 Å². The second-order valence-electron chi connectivity index (χ2n) is 4.78. The van der Waals surface area contributed by atoms with Crippen LogP contribution in [0.3, 0.4) is 0 Å². The van der Waals surface area contributed by atoms with Crippen LogP contribution < -0.4 is 11.1 Å². The number of aryl methyl sites for hydroxylation is 2. The van der Waals surface area contributed by atoms with Gasteiger partial charge in [0.2, 0.25) is 5.91 Å². The van der Waals surface area contributed by atoms with E-state index in [0.29, 0.717) is 4.88 Å². The van der Waals surface area contributed by atoms with Crippen molar-refractivity contribution >= 4 is 23.2 Å². The highest BCUT2D eigenvalue weighted by Crippen LogP contribution is 2.20. The largest absolute Gasteiger partial charge is 0.369 e. The average molecular weight is 254 g/mol. The summed E-state index contributed by atoms with van der Waals surface area (Å²) in [4.78, 5) is 24.7. The van der Waals surface area contributed by atoms with Gasteiger partial charge in [0.1, 0.15) is 0 Å². The molecule has 1 aromatic heterocycles. The molecule has 3 N–H and O–H groups in total. The number of hydrogen-bond acceptors (Lipinski definition) is 3. The van der Waals surface area contributed by atoms with Gasteiger partial charge < -0.3 is 11.1 Å². The van der Waals surface area contributed by atoms with E-state index in [0.717, 1.165) is 10.4 Å². The van der Waals surface area contributed by atoms with Crippen molar-refractivity contribution in [3.63, 3.8) is 0 Å². The molecular weight excluding hydrogens is 236 g/mol. The zero-order valence-corrected chi connectivity index (χ0v) is 11.4. The van der Waals surface area contributed by atoms with Gasteiger partial charge in [-0.15, -0.1) is 11.3 Å². The number of thiophene rings is 1. The van der Waals surface area contributed by atoms with Crippen LogP contribution in [0, 0.1) is 19.3 Å². The maximum atomic E-state index is 11.8. The lowest BCUT2D eigenvalue weighted by atomic mass is 9.93. The van der Waals surface area contributed by atoms with Gasteiger partial charge in [0.05, 0.1) is 10.3 Å². The molecule has 1 rings (SSSR count). The van der Waals surface area contributed by atoms with E-state index in [4.69, 9.17) is 5.73 Å². The molecule has 2 amide bonds. The number of primary amides is 1. The fourth-order valence-corrected chi connectivity index (χ4v) is 2.11. The number of rotatable bonds is 4. The molecule has 0 bridgehead atoms. The molecule has 94 valence electrons. The Hall–Kier alpha value is -1.36. The average Bonchev–Trinajstić information content (AvgIpc) is 2.56. The first kappa shape index (κ1) is 13.7. The quantitative estimate of drug-likeness (QED) is 0.856. The van der Waals surface area contributed by atoms with Gasteiger partial charge in [-0.2, -0.15) is 0 Å². The molecule has 0 aliphatic heterocycles. The molecule has 0 radical (unpaired) electrons. The van der Waals surface area contributed by atoms with Gasteiger partial charge in [-0.1, -0.05) is 0 Å². The Bertz CT molecular complexity index is 430. The summed E-state index contributed by atoms with van der Waals surface area (Å²) in [5.41, 5.74) is 5.62. The summed E-state index contributed by atoms with van der Waals surface area (Å²) < 4.78 is 0. The molecule has 17 heavy (non-hydrogen) atoms. The summed E-state index contributed by atoms with van der Waals surface area (Å²) in [6.07, 6.45) is 0. The van der Waals surface area contributed by atoms with Crippen molar-refractivity contribution in [3.05, 3.63) is 21.4 Å². The van der Waals surface area contributed by atoms with E-state index < -0.39 is 11.3 Å². The number of nitrogens with two attached hydrogens (primary N) is 1. The first-order chi connectivity index (χ1) is 7.74. The van der Waals surface area contributed by atoms with Crippen molar-refractivity contribution < 1.29 is 9.59 Å². The van der Waals surface area contributed by atoms with Crippen molar-refractivity contribution in [1.82, 2.24) is 5.32 Å². The Kier molecular flexibility index (Phi) is 3.93. The van der Waals surface area contributed by atoms with Gasteiger partial charge >= 0.3 is 0 Å². The van der Waals surface area contributed by atoms with E-state index in [1.165, 1.54) is 11.3 Å². The fourth-order valence-electron chi connectivity index (χ4n) is 1.16. The van der Waals surface area contributed by atoms with Crippen LogP contribution in [-0.4, -0.2) is 18.4 Å². The van der Waals surface area contributed by atoms with Crippen LogP contribution in [0.15, 0.2) is 6.07 Å². The van der Waals surface area contributed by atoms with Crippen molar-refractivity contribution in [2.45, 2.75) is 27.7 Å². The van der Waals surface area contributed by atoms with Gasteiger partial charge in [-0.25, -0.2) is 0 Å². The maximum absolute atomic E-state index is 11.8. The van der Waals surface area contributed by atoms with Crippen molar-refractivity contribution in [2.75, 3.05) is 6.54 Å². The lowest BCUT2D eigenvalue weighted by Crippen LogP contribution is -2.42. The second kappa shape index (κ2) is 4.87. The van der Waals surface area contributed by atoms with Crippen molar-refractivity contribution in [1.29, 1.82) is 0 Å². The summed E-state index contributed by atoms with van der Waals surface area (Å²) in [6, 6.07) is 1.85. The van der Waals surface area contributed by atoms with E-state index in [1.54, 1.807) is 13.8 Å². The Labute approximate surface area is 105 Å². The van der Waals surface area contributed by atoms with Crippen molar-refractivity contribution in [2.24, 2.45) is 11.1 Å². The predicted molar refractivity (Wildman–Crippen MR) is 69.1 cm³/mol. The van der Waals surface area contributed by atoms with Crippen LogP contribution in [0.1, 0.15) is 34.0 Å². The molecule has 1 heterocycles. The molecule has 4 nitrogen and oxygen atoms in total. The third-order valence-electron chi connectivity index (χ3n) is 2.75. The van der Waals surface area contributed by atoms with Crippen LogP contribution in [-0.2, 0) is 4.79 Å². The molecule has 1 aromatic rings. The maximum Gasteiger partial charge on any atom is 0.261 e. The summed E-state index contributed by atoms with van der Waals surface area (Å²) >= 11 is 1.45. The number of nitrogens with one attached hydrogen (secondary N) is 1. The minimum Gasteiger partial charge on any atom is -0.369 e. The van der Waals surface area contributed by atoms with Crippen LogP contribution in [0.2, 0.25) is 0 Å². The van der Waals surface area contributed by atoms with E-state index in [-0.39, 0.29) is 12.5 Å². The lowest BCUT2D eigenvalue weighted by Gasteiger charge is -2.20. The smallest absolute Gasteiger partial charge is 0.261 e. The van der Waals surface area contributed by atoms with Crippen LogP contribution >= 0.6 is 11.3 Å². The Morgan fingerprint density at radius 2 is 2.00 bits per heavy atom. The van der Waals surface area contributed by atoms with Crippen molar-refractivity contribution in [3.8, 4) is 0 Å². The molecular formula is C12H18N2O2S. The Morgan fingerprint density at radius 1 is 1.41 bits per heavy atom. The Morgan fingerprint density at radius 3 is 2.41 bits per heavy atom. The summed E-state index contributed by atoms with van der Waals surface area (Å²) in [6.45, 7) is 7.61. The highest BCUT2D eigenvalue weighted by Gasteiger charge is 2.25. The SMILES string of the molecule is Cc1cc(C(=O)NCC(C)(C)C(N)=O)sc1C. The minimum absolute atomic E-state index is 0.152. The molecule has 0 aromatic carbocycles. The summed E-state index contributed by atoms with van der Waals surface area (Å²) in [5, 5.41) is 2.73. The monoisotopic (exact) mass is 254 g/mol. The predicted octanol–water partition coefficient (Wildman–Crippen LogP) is 1.61. The van der Waals surface area contributed by atoms with Gasteiger partial charge in [0.25, 0.3) is 5.91 Å². The lowest BCUT2D eigenvalue weighted by molar-refractivity contribution is -0.125. The first-order valence-electron chi connectivity index (χ1n) is 5.39. The van der Waals surface area contributed by atoms with Crippen LogP contribution in [0.4, 0.5) is 0 Å². The molecule has 5 heteroatoms. The minimum atomic E-state index is -0.725. The number of carbonyl (C=O) groups excluding carboxylic acids is 2. The van der Waals surface area contributed by atoms with Gasteiger partial charge in [0.15, 0.2) is 0 Å². The molecule has 0 saturated heterocycles. The van der Waals surface area contributed by atoms with E-state index in [9.17, 15) is 9.59 Å². The fraction of sp³-hybridized carbons (Fsp3) is 0.500. The molecule has 0 atom stereocenters. The second-order valence-corrected chi connectivity index (χ2v) is 6.04. The van der Waals surface area contributed by atoms with Gasteiger partial charge in [-0.3, -0.25) is 9.59 Å². The molecule has 0 spiro atoms. The normalized spacial score (nSPS) is 11.3. The summed E-state index contributed by atoms with van der Waals surface area (Å²) in [5.74, 6) is -0.572. The molecule has 0 fully saturated rings. The first-order valence-corrected chi connectivity index (χ1v) is 6.21. The zero-order valence-electron chi connectivity index (χ0n) is 10.6. The van der Waals surface area contributed by atoms with Crippen LogP contribution in [0.5, 0.6) is 0 Å².